The molecule has 6 aromatic rings. The molecule has 0 spiro atoms. The van der Waals surface area contributed by atoms with Crippen LogP contribution >= 0.6 is 0 Å². The number of hydrogen-bond acceptors (Lipinski definition) is 6. The first-order valence-corrected chi connectivity index (χ1v) is 16.0. The molecule has 0 bridgehead atoms. The summed E-state index contributed by atoms with van der Waals surface area (Å²) in [4.78, 5) is 7.27. The highest BCUT2D eigenvalue weighted by atomic mass is 32.2. The number of sulfonamides is 1. The quantitative estimate of drug-likeness (QED) is 0.186. The third kappa shape index (κ3) is 5.27. The molecule has 3 aromatic carbocycles. The van der Waals surface area contributed by atoms with Gasteiger partial charge in [0.2, 0.25) is 0 Å². The second-order valence-electron chi connectivity index (χ2n) is 11.1. The Labute approximate surface area is 251 Å². The molecular weight excluding hydrogens is 560 g/mol. The first-order chi connectivity index (χ1) is 20.7. The van der Waals surface area contributed by atoms with Gasteiger partial charge in [0.1, 0.15) is 16.5 Å². The van der Waals surface area contributed by atoms with Gasteiger partial charge in [0.05, 0.1) is 28.8 Å². The van der Waals surface area contributed by atoms with Crippen molar-refractivity contribution in [2.75, 3.05) is 23.7 Å². The highest BCUT2D eigenvalue weighted by Crippen LogP contribution is 2.32. The van der Waals surface area contributed by atoms with Gasteiger partial charge in [0, 0.05) is 43.4 Å². The number of nitrogens with zero attached hydrogens (tertiary/aromatic N) is 5. The van der Waals surface area contributed by atoms with E-state index >= 15 is 0 Å². The van der Waals surface area contributed by atoms with Gasteiger partial charge in [0.15, 0.2) is 5.82 Å². The SMILES string of the molecule is CCCCc1nc2ccc(N(C)C)cc2n1Cc1cn(-c2ccccc2S(=O)(=O)Nc2noc(C)c2C)c2ccccc12. The zero-order valence-corrected chi connectivity index (χ0v) is 25.9. The summed E-state index contributed by atoms with van der Waals surface area (Å²) in [5, 5.41) is 4.97. The number of benzene rings is 3. The van der Waals surface area contributed by atoms with Gasteiger partial charge < -0.3 is 18.6 Å². The maximum atomic E-state index is 13.7. The molecule has 0 unspecified atom stereocenters. The second kappa shape index (κ2) is 11.3. The monoisotopic (exact) mass is 596 g/mol. The van der Waals surface area contributed by atoms with Crippen LogP contribution in [0, 0.1) is 13.8 Å². The highest BCUT2D eigenvalue weighted by molar-refractivity contribution is 7.92. The smallest absolute Gasteiger partial charge is 0.265 e. The lowest BCUT2D eigenvalue weighted by molar-refractivity contribution is 0.399. The Morgan fingerprint density at radius 2 is 1.74 bits per heavy atom. The van der Waals surface area contributed by atoms with Gasteiger partial charge in [-0.2, -0.15) is 0 Å². The fourth-order valence-electron chi connectivity index (χ4n) is 5.47. The summed E-state index contributed by atoms with van der Waals surface area (Å²) >= 11 is 0. The van der Waals surface area contributed by atoms with Crippen LogP contribution in [0.3, 0.4) is 0 Å². The summed E-state index contributed by atoms with van der Waals surface area (Å²) in [5.74, 6) is 1.80. The molecule has 0 aliphatic heterocycles. The van der Waals surface area contributed by atoms with Crippen LogP contribution < -0.4 is 9.62 Å². The van der Waals surface area contributed by atoms with Crippen molar-refractivity contribution >= 4 is 43.5 Å². The number of rotatable bonds is 10. The second-order valence-corrected chi connectivity index (χ2v) is 12.8. The van der Waals surface area contributed by atoms with E-state index in [-0.39, 0.29) is 10.7 Å². The van der Waals surface area contributed by atoms with Gasteiger partial charge in [-0.3, -0.25) is 4.72 Å². The van der Waals surface area contributed by atoms with Crippen LogP contribution in [0.2, 0.25) is 0 Å². The van der Waals surface area contributed by atoms with Crippen LogP contribution in [0.5, 0.6) is 0 Å². The lowest BCUT2D eigenvalue weighted by Crippen LogP contribution is -2.16. The third-order valence-corrected chi connectivity index (χ3v) is 9.39. The van der Waals surface area contributed by atoms with E-state index in [1.807, 2.05) is 49.0 Å². The van der Waals surface area contributed by atoms with Crippen LogP contribution in [0.4, 0.5) is 11.5 Å². The zero-order valence-electron chi connectivity index (χ0n) is 25.1. The number of anilines is 2. The molecule has 3 aromatic heterocycles. The molecule has 10 heteroatoms. The van der Waals surface area contributed by atoms with E-state index < -0.39 is 10.0 Å². The van der Waals surface area contributed by atoms with Crippen LogP contribution in [0.15, 0.2) is 82.3 Å². The largest absolute Gasteiger partial charge is 0.378 e. The molecule has 9 nitrogen and oxygen atoms in total. The Bertz CT molecular complexity index is 2050. The first-order valence-electron chi connectivity index (χ1n) is 14.5. The van der Waals surface area contributed by atoms with E-state index in [0.29, 0.717) is 23.6 Å². The summed E-state index contributed by atoms with van der Waals surface area (Å²) in [6.07, 6.45) is 5.07. The standard InChI is InChI=1S/C33H36N6O3S/c1-6-7-16-32-34-27-18-17-25(37(4)5)19-30(27)39(32)21-24-20-38(28-13-9-8-12-26(24)28)29-14-10-11-15-31(29)43(40,41)36-33-22(2)23(3)42-35-33/h8-15,17-20H,6-7,16,21H2,1-5H3,(H,35,36). The number of hydrogen-bond donors (Lipinski definition) is 1. The van der Waals surface area contributed by atoms with Crippen molar-refractivity contribution in [2.24, 2.45) is 0 Å². The van der Waals surface area contributed by atoms with Crippen molar-refractivity contribution in [1.82, 2.24) is 19.3 Å². The van der Waals surface area contributed by atoms with Crippen LogP contribution in [0.25, 0.3) is 27.6 Å². The predicted octanol–water partition coefficient (Wildman–Crippen LogP) is 6.84. The molecule has 0 aliphatic carbocycles. The van der Waals surface area contributed by atoms with Gasteiger partial charge in [0.25, 0.3) is 10.0 Å². The van der Waals surface area contributed by atoms with E-state index in [0.717, 1.165) is 58.3 Å². The molecule has 0 atom stereocenters. The fourth-order valence-corrected chi connectivity index (χ4v) is 6.72. The topological polar surface area (TPSA) is 98.2 Å². The van der Waals surface area contributed by atoms with Crippen LogP contribution in [-0.4, -0.2) is 41.8 Å². The van der Waals surface area contributed by atoms with Crippen molar-refractivity contribution in [3.8, 4) is 5.69 Å². The fraction of sp³-hybridized carbons (Fsp3) is 0.273. The van der Waals surface area contributed by atoms with Crippen molar-refractivity contribution in [3.05, 3.63) is 95.6 Å². The van der Waals surface area contributed by atoms with Gasteiger partial charge in [-0.1, -0.05) is 48.8 Å². The number of fused-ring (bicyclic) bond motifs is 2. The summed E-state index contributed by atoms with van der Waals surface area (Å²) in [7, 11) is 0.0987. The predicted molar refractivity (Wildman–Crippen MR) is 172 cm³/mol. The van der Waals surface area contributed by atoms with Gasteiger partial charge in [-0.15, -0.1) is 0 Å². The Morgan fingerprint density at radius 3 is 2.49 bits per heavy atom. The summed E-state index contributed by atoms with van der Waals surface area (Å²) < 4.78 is 39.5. The number of aryl methyl sites for hydroxylation is 2. The van der Waals surface area contributed by atoms with Crippen molar-refractivity contribution in [1.29, 1.82) is 0 Å². The Balaban J connectivity index is 1.48. The summed E-state index contributed by atoms with van der Waals surface area (Å²) in [5.41, 5.74) is 6.36. The molecule has 222 valence electrons. The summed E-state index contributed by atoms with van der Waals surface area (Å²) in [6.45, 7) is 6.32. The number of imidazole rings is 1. The average molecular weight is 597 g/mol. The summed E-state index contributed by atoms with van der Waals surface area (Å²) in [6, 6.07) is 21.5. The molecule has 0 aliphatic rings. The average Bonchev–Trinajstić information content (AvgIpc) is 3.65. The maximum Gasteiger partial charge on any atom is 0.265 e. The van der Waals surface area contributed by atoms with Gasteiger partial charge >= 0.3 is 0 Å². The number of aromatic nitrogens is 4. The molecule has 0 fully saturated rings. The lowest BCUT2D eigenvalue weighted by Gasteiger charge is -2.14. The molecule has 0 amide bonds. The van der Waals surface area contributed by atoms with Gasteiger partial charge in [-0.05, 0) is 62.2 Å². The minimum atomic E-state index is -3.98. The zero-order chi connectivity index (χ0) is 30.3. The van der Waals surface area contributed by atoms with E-state index in [1.165, 1.54) is 0 Å². The third-order valence-electron chi connectivity index (χ3n) is 8.01. The molecular formula is C33H36N6O3S. The molecule has 0 radical (unpaired) electrons. The van der Waals surface area contributed by atoms with Gasteiger partial charge in [-0.25, -0.2) is 13.4 Å². The molecule has 3 heterocycles. The normalized spacial score (nSPS) is 11.9. The van der Waals surface area contributed by atoms with E-state index in [2.05, 4.69) is 56.7 Å². The van der Waals surface area contributed by atoms with Crippen molar-refractivity contribution in [3.63, 3.8) is 0 Å². The lowest BCUT2D eigenvalue weighted by atomic mass is 10.1. The molecule has 6 rings (SSSR count). The minimum Gasteiger partial charge on any atom is -0.378 e. The Hall–Kier alpha value is -4.57. The number of nitrogens with one attached hydrogen (secondary N) is 1. The van der Waals surface area contributed by atoms with Crippen molar-refractivity contribution < 1.29 is 12.9 Å². The molecule has 43 heavy (non-hydrogen) atoms. The minimum absolute atomic E-state index is 0.148. The van der Waals surface area contributed by atoms with E-state index in [9.17, 15) is 8.42 Å². The van der Waals surface area contributed by atoms with Crippen LogP contribution in [-0.2, 0) is 23.0 Å². The first kappa shape index (κ1) is 28.5. The molecule has 1 N–H and O–H groups in total. The highest BCUT2D eigenvalue weighted by Gasteiger charge is 2.24. The van der Waals surface area contributed by atoms with Crippen LogP contribution in [0.1, 0.15) is 42.5 Å². The van der Waals surface area contributed by atoms with E-state index in [4.69, 9.17) is 9.51 Å². The van der Waals surface area contributed by atoms with Crippen molar-refractivity contribution in [2.45, 2.75) is 51.5 Å². The molecule has 0 saturated heterocycles. The molecule has 0 saturated carbocycles. The number of unbranched alkanes of at least 4 members (excludes halogenated alkanes) is 1. The number of para-hydroxylation sites is 2. The van der Waals surface area contributed by atoms with E-state index in [1.54, 1.807) is 26.0 Å². The maximum absolute atomic E-state index is 13.7. The Morgan fingerprint density at radius 1 is 0.977 bits per heavy atom. The Kier molecular flexibility index (Phi) is 7.47.